The number of methoxy groups -OCH3 is 1. The molecule has 1 aliphatic heterocycles. The van der Waals surface area contributed by atoms with Crippen molar-refractivity contribution in [2.75, 3.05) is 19.4 Å². The lowest BCUT2D eigenvalue weighted by Crippen LogP contribution is -2.40. The van der Waals surface area contributed by atoms with Gasteiger partial charge >= 0.3 is 5.97 Å². The first-order valence-electron chi connectivity index (χ1n) is 7.93. The van der Waals surface area contributed by atoms with Crippen molar-refractivity contribution in [3.05, 3.63) is 20.8 Å². The van der Waals surface area contributed by atoms with Crippen LogP contribution in [0.4, 0.5) is 0 Å². The Balaban J connectivity index is 1.85. The van der Waals surface area contributed by atoms with Gasteiger partial charge in [0, 0.05) is 18.3 Å². The zero-order valence-corrected chi connectivity index (χ0v) is 17.3. The summed E-state index contributed by atoms with van der Waals surface area (Å²) in [7, 11) is 1.31. The Morgan fingerprint density at radius 2 is 2.20 bits per heavy atom. The molecule has 0 radical (unpaired) electrons. The summed E-state index contributed by atoms with van der Waals surface area (Å²) in [5.41, 5.74) is 0. The second-order valence-electron chi connectivity index (χ2n) is 5.66. The van der Waals surface area contributed by atoms with E-state index in [1.54, 1.807) is 23.1 Å². The third-order valence-corrected chi connectivity index (χ3v) is 6.87. The second-order valence-corrected chi connectivity index (χ2v) is 9.23. The van der Waals surface area contributed by atoms with Crippen LogP contribution in [-0.4, -0.2) is 48.1 Å². The first kappa shape index (κ1) is 20.3. The quantitative estimate of drug-likeness (QED) is 0.488. The van der Waals surface area contributed by atoms with E-state index in [0.29, 0.717) is 18.7 Å². The number of ether oxygens (including phenoxy) is 1. The number of esters is 1. The molecule has 1 N–H and O–H groups in total. The Labute approximate surface area is 163 Å². The van der Waals surface area contributed by atoms with Gasteiger partial charge in [0.05, 0.1) is 16.6 Å². The minimum atomic E-state index is -0.629. The molecule has 0 bridgehead atoms. The predicted molar refractivity (Wildman–Crippen MR) is 102 cm³/mol. The molecule has 6 nitrogen and oxygen atoms in total. The van der Waals surface area contributed by atoms with Gasteiger partial charge in [0.15, 0.2) is 0 Å². The van der Waals surface area contributed by atoms with Gasteiger partial charge < -0.3 is 15.0 Å². The summed E-state index contributed by atoms with van der Waals surface area (Å²) in [5.74, 6) is -0.0586. The monoisotopic (exact) mass is 448 g/mol. The van der Waals surface area contributed by atoms with Crippen LogP contribution in [0.5, 0.6) is 0 Å². The van der Waals surface area contributed by atoms with E-state index in [9.17, 15) is 14.4 Å². The highest BCUT2D eigenvalue weighted by molar-refractivity contribution is 9.11. The second kappa shape index (κ2) is 9.59. The van der Waals surface area contributed by atoms with E-state index in [1.165, 1.54) is 14.0 Å². The predicted octanol–water partition coefficient (Wildman–Crippen LogP) is 2.93. The number of hydrogen-bond acceptors (Lipinski definition) is 6. The highest BCUT2D eigenvalue weighted by Crippen LogP contribution is 2.42. The molecule has 2 unspecified atom stereocenters. The van der Waals surface area contributed by atoms with Crippen LogP contribution in [-0.2, 0) is 19.1 Å². The fourth-order valence-electron chi connectivity index (χ4n) is 2.66. The number of halogens is 1. The minimum absolute atomic E-state index is 0.0653. The number of thiophene rings is 1. The SMILES string of the molecule is COC(=O)C(CCCCN1C(=O)CSC1c1ccc(Br)s1)NC(C)=O. The average molecular weight is 449 g/mol. The van der Waals surface area contributed by atoms with Crippen molar-refractivity contribution in [1.29, 1.82) is 0 Å². The smallest absolute Gasteiger partial charge is 0.328 e. The van der Waals surface area contributed by atoms with E-state index in [0.717, 1.165) is 21.5 Å². The molecule has 9 heteroatoms. The highest BCUT2D eigenvalue weighted by Gasteiger charge is 2.33. The number of hydrogen-bond donors (Lipinski definition) is 1. The van der Waals surface area contributed by atoms with Crippen molar-refractivity contribution >= 4 is 56.8 Å². The molecule has 1 aromatic heterocycles. The minimum Gasteiger partial charge on any atom is -0.467 e. The van der Waals surface area contributed by atoms with E-state index in [1.807, 2.05) is 17.0 Å². The zero-order chi connectivity index (χ0) is 18.4. The number of unbranched alkanes of at least 4 members (excludes halogenated alkanes) is 1. The topological polar surface area (TPSA) is 75.7 Å². The van der Waals surface area contributed by atoms with Crippen LogP contribution in [0.25, 0.3) is 0 Å². The number of nitrogens with one attached hydrogen (secondary N) is 1. The summed E-state index contributed by atoms with van der Waals surface area (Å²) in [6.07, 6.45) is 1.98. The summed E-state index contributed by atoms with van der Waals surface area (Å²) in [5, 5.41) is 2.67. The summed E-state index contributed by atoms with van der Waals surface area (Å²) in [4.78, 5) is 38.1. The standard InChI is InChI=1S/C16H21BrN2O4S2/c1-10(20)18-11(16(22)23-2)5-3-4-8-19-14(21)9-24-15(19)12-6-7-13(17)25-12/h6-7,11,15H,3-5,8-9H2,1-2H3,(H,18,20). The van der Waals surface area contributed by atoms with E-state index < -0.39 is 12.0 Å². The number of thioether (sulfide) groups is 1. The maximum Gasteiger partial charge on any atom is 0.328 e. The summed E-state index contributed by atoms with van der Waals surface area (Å²) in [6.45, 7) is 2.01. The molecule has 25 heavy (non-hydrogen) atoms. The molecule has 2 rings (SSSR count). The molecular formula is C16H21BrN2O4S2. The molecule has 1 fully saturated rings. The van der Waals surface area contributed by atoms with Gasteiger partial charge in [0.2, 0.25) is 11.8 Å². The fraction of sp³-hybridized carbons (Fsp3) is 0.562. The zero-order valence-electron chi connectivity index (χ0n) is 14.1. The Bertz CT molecular complexity index is 637. The maximum atomic E-state index is 12.2. The van der Waals surface area contributed by atoms with Crippen molar-refractivity contribution in [2.24, 2.45) is 0 Å². The fourth-order valence-corrected chi connectivity index (χ4v) is 5.54. The normalized spacial score (nSPS) is 18.3. The van der Waals surface area contributed by atoms with Gasteiger partial charge in [-0.15, -0.1) is 23.1 Å². The van der Waals surface area contributed by atoms with Gasteiger partial charge in [0.1, 0.15) is 11.4 Å². The molecule has 138 valence electrons. The molecule has 0 aromatic carbocycles. The first-order valence-corrected chi connectivity index (χ1v) is 10.6. The van der Waals surface area contributed by atoms with E-state index >= 15 is 0 Å². The molecule has 1 saturated heterocycles. The van der Waals surface area contributed by atoms with Gasteiger partial charge in [-0.2, -0.15) is 0 Å². The number of amides is 2. The number of carbonyl (C=O) groups is 3. The number of nitrogens with zero attached hydrogens (tertiary/aromatic N) is 1. The Kier molecular flexibility index (Phi) is 7.77. The third-order valence-electron chi connectivity index (χ3n) is 3.81. The van der Waals surface area contributed by atoms with Crippen LogP contribution in [0.15, 0.2) is 15.9 Å². The van der Waals surface area contributed by atoms with E-state index in [2.05, 4.69) is 21.2 Å². The van der Waals surface area contributed by atoms with Gasteiger partial charge in [-0.05, 0) is 47.3 Å². The van der Waals surface area contributed by atoms with Crippen LogP contribution in [0.2, 0.25) is 0 Å². The summed E-state index contributed by atoms with van der Waals surface area (Å²) in [6, 6.07) is 3.41. The molecule has 1 aliphatic rings. The van der Waals surface area contributed by atoms with Crippen LogP contribution in [0.3, 0.4) is 0 Å². The van der Waals surface area contributed by atoms with Crippen LogP contribution >= 0.6 is 39.0 Å². The van der Waals surface area contributed by atoms with Crippen molar-refractivity contribution in [2.45, 2.75) is 37.6 Å². The molecule has 1 aromatic rings. The lowest BCUT2D eigenvalue weighted by atomic mass is 10.1. The van der Waals surface area contributed by atoms with Crippen molar-refractivity contribution in [3.63, 3.8) is 0 Å². The molecular weight excluding hydrogens is 428 g/mol. The van der Waals surface area contributed by atoms with Crippen LogP contribution in [0.1, 0.15) is 36.4 Å². The Hall–Kier alpha value is -1.06. The van der Waals surface area contributed by atoms with Crippen molar-refractivity contribution < 1.29 is 19.1 Å². The maximum absolute atomic E-state index is 12.2. The van der Waals surface area contributed by atoms with Crippen molar-refractivity contribution in [3.8, 4) is 0 Å². The Morgan fingerprint density at radius 1 is 1.44 bits per heavy atom. The van der Waals surface area contributed by atoms with Gasteiger partial charge in [-0.25, -0.2) is 4.79 Å². The van der Waals surface area contributed by atoms with Gasteiger partial charge in [-0.1, -0.05) is 0 Å². The molecule has 2 atom stereocenters. The number of carbonyl (C=O) groups excluding carboxylic acids is 3. The number of rotatable bonds is 8. The summed E-state index contributed by atoms with van der Waals surface area (Å²) < 4.78 is 5.77. The van der Waals surface area contributed by atoms with Crippen LogP contribution < -0.4 is 5.32 Å². The molecule has 0 spiro atoms. The summed E-state index contributed by atoms with van der Waals surface area (Å²) >= 11 is 6.74. The average Bonchev–Trinajstić information content (AvgIpc) is 3.15. The van der Waals surface area contributed by atoms with Gasteiger partial charge in [0.25, 0.3) is 0 Å². The largest absolute Gasteiger partial charge is 0.467 e. The van der Waals surface area contributed by atoms with Crippen LogP contribution in [0, 0.1) is 0 Å². The van der Waals surface area contributed by atoms with Gasteiger partial charge in [-0.3, -0.25) is 9.59 Å². The van der Waals surface area contributed by atoms with Crippen molar-refractivity contribution in [1.82, 2.24) is 10.2 Å². The van der Waals surface area contributed by atoms with E-state index in [-0.39, 0.29) is 17.2 Å². The molecule has 2 amide bonds. The lowest BCUT2D eigenvalue weighted by molar-refractivity contribution is -0.145. The Morgan fingerprint density at radius 3 is 2.80 bits per heavy atom. The molecule has 0 saturated carbocycles. The third kappa shape index (κ3) is 5.72. The first-order chi connectivity index (χ1) is 11.9. The highest BCUT2D eigenvalue weighted by atomic mass is 79.9. The molecule has 2 heterocycles. The lowest BCUT2D eigenvalue weighted by Gasteiger charge is -2.23. The molecule has 0 aliphatic carbocycles. The van der Waals surface area contributed by atoms with E-state index in [4.69, 9.17) is 4.74 Å².